The third-order valence-corrected chi connectivity index (χ3v) is 6.78. The van der Waals surface area contributed by atoms with Gasteiger partial charge in [-0.25, -0.2) is 9.59 Å². The number of amides is 2. The fourth-order valence-electron chi connectivity index (χ4n) is 4.23. The van der Waals surface area contributed by atoms with Gasteiger partial charge in [-0.15, -0.1) is 0 Å². The molecule has 2 N–H and O–H groups in total. The van der Waals surface area contributed by atoms with Crippen molar-refractivity contribution in [2.75, 3.05) is 39.3 Å². The average molecular weight is 607 g/mol. The predicted molar refractivity (Wildman–Crippen MR) is 164 cm³/mol. The Kier molecular flexibility index (Phi) is 14.7. The number of carboxylic acids is 2. The Morgan fingerprint density at radius 3 is 1.70 bits per heavy atom. The first-order valence-electron chi connectivity index (χ1n) is 14.1. The van der Waals surface area contributed by atoms with Crippen LogP contribution < -0.4 is 0 Å². The van der Waals surface area contributed by atoms with Crippen molar-refractivity contribution in [2.45, 2.75) is 26.8 Å². The van der Waals surface area contributed by atoms with E-state index in [1.54, 1.807) is 9.80 Å². The first kappa shape index (κ1) is 35.1. The summed E-state index contributed by atoms with van der Waals surface area (Å²) in [7, 11) is 0. The first-order valence-corrected chi connectivity index (χ1v) is 14.1. The van der Waals surface area contributed by atoms with Gasteiger partial charge in [0.2, 0.25) is 5.91 Å². The molecule has 3 aromatic carbocycles. The van der Waals surface area contributed by atoms with Crippen LogP contribution in [0.3, 0.4) is 0 Å². The lowest BCUT2D eigenvalue weighted by Gasteiger charge is -2.29. The summed E-state index contributed by atoms with van der Waals surface area (Å²) < 4.78 is 0. The van der Waals surface area contributed by atoms with E-state index in [2.05, 4.69) is 18.7 Å². The minimum absolute atomic E-state index is 0.0707. The molecule has 3 aromatic rings. The minimum atomic E-state index is -1.82. The van der Waals surface area contributed by atoms with Gasteiger partial charge in [-0.05, 0) is 42.8 Å². The van der Waals surface area contributed by atoms with Crippen molar-refractivity contribution in [1.29, 1.82) is 0 Å². The maximum absolute atomic E-state index is 13.7. The van der Waals surface area contributed by atoms with E-state index in [9.17, 15) is 19.7 Å². The molecular formula is C32H38N4O8. The molecule has 0 saturated carbocycles. The van der Waals surface area contributed by atoms with Gasteiger partial charge in [0.25, 0.3) is 11.6 Å². The number of carbonyl (C=O) groups is 4. The van der Waals surface area contributed by atoms with E-state index in [1.165, 1.54) is 24.3 Å². The van der Waals surface area contributed by atoms with Gasteiger partial charge in [0.15, 0.2) is 0 Å². The number of benzene rings is 3. The number of rotatable bonds is 14. The molecule has 0 aromatic heterocycles. The molecule has 0 atom stereocenters. The first-order chi connectivity index (χ1) is 21.0. The molecule has 44 heavy (non-hydrogen) atoms. The highest BCUT2D eigenvalue weighted by molar-refractivity contribution is 6.27. The molecule has 0 heterocycles. The van der Waals surface area contributed by atoms with Gasteiger partial charge in [-0.2, -0.15) is 0 Å². The van der Waals surface area contributed by atoms with Crippen LogP contribution in [0.15, 0.2) is 84.9 Å². The lowest BCUT2D eigenvalue weighted by Crippen LogP contribution is -2.46. The van der Waals surface area contributed by atoms with E-state index in [0.29, 0.717) is 38.2 Å². The topological polar surface area (TPSA) is 162 Å². The molecule has 0 aliphatic heterocycles. The van der Waals surface area contributed by atoms with E-state index >= 15 is 0 Å². The van der Waals surface area contributed by atoms with E-state index in [0.717, 1.165) is 24.2 Å². The van der Waals surface area contributed by atoms with Gasteiger partial charge >= 0.3 is 11.9 Å². The zero-order valence-electron chi connectivity index (χ0n) is 24.9. The number of hydrogen-bond donors (Lipinski definition) is 2. The highest BCUT2D eigenvalue weighted by atomic mass is 16.6. The molecule has 2 amide bonds. The lowest BCUT2D eigenvalue weighted by atomic mass is 10.1. The van der Waals surface area contributed by atoms with Crippen LogP contribution in [0.5, 0.6) is 0 Å². The van der Waals surface area contributed by atoms with Crippen LogP contribution in [-0.2, 0) is 27.3 Å². The summed E-state index contributed by atoms with van der Waals surface area (Å²) in [4.78, 5) is 61.5. The van der Waals surface area contributed by atoms with Gasteiger partial charge in [-0.1, -0.05) is 74.5 Å². The molecule has 234 valence electrons. The number of aliphatic carboxylic acids is 2. The maximum Gasteiger partial charge on any atom is 0.414 e. The predicted octanol–water partition coefficient (Wildman–Crippen LogP) is 3.81. The van der Waals surface area contributed by atoms with Crippen molar-refractivity contribution in [3.8, 4) is 0 Å². The number of non-ortho nitro benzene ring substituents is 1. The number of nitro benzene ring substituents is 1. The highest BCUT2D eigenvalue weighted by Crippen LogP contribution is 2.15. The second-order valence-corrected chi connectivity index (χ2v) is 9.70. The van der Waals surface area contributed by atoms with Crippen LogP contribution in [0.4, 0.5) is 5.69 Å². The Hall–Kier alpha value is -5.10. The van der Waals surface area contributed by atoms with Gasteiger partial charge in [0, 0.05) is 43.9 Å². The van der Waals surface area contributed by atoms with Crippen LogP contribution in [0.25, 0.3) is 0 Å². The molecule has 0 unspecified atom stereocenters. The third kappa shape index (κ3) is 12.0. The van der Waals surface area contributed by atoms with Gasteiger partial charge in [0.1, 0.15) is 6.54 Å². The largest absolute Gasteiger partial charge is 0.473 e. The zero-order valence-corrected chi connectivity index (χ0v) is 24.9. The molecule has 3 rings (SSSR count). The highest BCUT2D eigenvalue weighted by Gasteiger charge is 2.23. The SMILES string of the molecule is CCN(CC)CCN(CC(=O)N(CCc1ccccc1)Cc1ccccc1)C(=O)c1ccc([N+](=O)[O-])cc1.O=C(O)C(=O)O. The fraction of sp³-hybridized carbons (Fsp3) is 0.312. The molecule has 0 spiro atoms. The molecule has 12 heteroatoms. The van der Waals surface area contributed by atoms with E-state index in [1.807, 2.05) is 60.7 Å². The van der Waals surface area contributed by atoms with Crippen molar-refractivity contribution in [3.63, 3.8) is 0 Å². The smallest absolute Gasteiger partial charge is 0.414 e. The second-order valence-electron chi connectivity index (χ2n) is 9.70. The Balaban J connectivity index is 0.00000102. The quantitative estimate of drug-likeness (QED) is 0.158. The lowest BCUT2D eigenvalue weighted by molar-refractivity contribution is -0.384. The second kappa shape index (κ2) is 18.4. The molecule has 0 radical (unpaired) electrons. The van der Waals surface area contributed by atoms with Crippen LogP contribution in [0.1, 0.15) is 35.3 Å². The summed E-state index contributed by atoms with van der Waals surface area (Å²) in [6.45, 7) is 7.68. The van der Waals surface area contributed by atoms with Crippen molar-refractivity contribution in [1.82, 2.24) is 14.7 Å². The molecule has 12 nitrogen and oxygen atoms in total. The molecule has 0 bridgehead atoms. The van der Waals surface area contributed by atoms with Gasteiger partial charge < -0.3 is 24.9 Å². The van der Waals surface area contributed by atoms with Crippen molar-refractivity contribution in [3.05, 3.63) is 112 Å². The maximum atomic E-state index is 13.7. The summed E-state index contributed by atoms with van der Waals surface area (Å²) in [6, 6.07) is 25.4. The van der Waals surface area contributed by atoms with Crippen LogP contribution in [0.2, 0.25) is 0 Å². The Morgan fingerprint density at radius 1 is 0.705 bits per heavy atom. The molecular weight excluding hydrogens is 568 g/mol. The minimum Gasteiger partial charge on any atom is -0.473 e. The van der Waals surface area contributed by atoms with Gasteiger partial charge in [0.05, 0.1) is 4.92 Å². The Labute approximate surface area is 256 Å². The third-order valence-electron chi connectivity index (χ3n) is 6.78. The van der Waals surface area contributed by atoms with E-state index in [4.69, 9.17) is 19.8 Å². The molecule has 0 saturated heterocycles. The number of carboxylic acid groups (broad SMARTS) is 2. The number of hydrogen-bond acceptors (Lipinski definition) is 7. The summed E-state index contributed by atoms with van der Waals surface area (Å²) in [5.41, 5.74) is 2.40. The summed E-state index contributed by atoms with van der Waals surface area (Å²) in [5, 5.41) is 25.8. The Bertz CT molecular complexity index is 1350. The molecule has 0 aliphatic rings. The van der Waals surface area contributed by atoms with E-state index in [-0.39, 0.29) is 24.0 Å². The van der Waals surface area contributed by atoms with Crippen molar-refractivity contribution < 1.29 is 34.3 Å². The zero-order chi connectivity index (χ0) is 32.5. The van der Waals surface area contributed by atoms with Crippen molar-refractivity contribution >= 4 is 29.4 Å². The number of nitro groups is 1. The van der Waals surface area contributed by atoms with Crippen LogP contribution in [-0.4, -0.2) is 92.9 Å². The average Bonchev–Trinajstić information content (AvgIpc) is 3.03. The standard InChI is InChI=1S/C30H36N4O4.C2H2O4/c1-3-31(4-2)21-22-33(30(36)27-15-17-28(18-16-27)34(37)38)24-29(35)32(23-26-13-9-6-10-14-26)20-19-25-11-7-5-8-12-25;3-1(4)2(5)6/h5-18H,3-4,19-24H2,1-2H3;(H,3,4)(H,5,6). The summed E-state index contributed by atoms with van der Waals surface area (Å²) in [5.74, 6) is -4.10. The monoisotopic (exact) mass is 606 g/mol. The van der Waals surface area contributed by atoms with Crippen molar-refractivity contribution in [2.24, 2.45) is 0 Å². The van der Waals surface area contributed by atoms with Crippen LogP contribution in [0, 0.1) is 10.1 Å². The summed E-state index contributed by atoms with van der Waals surface area (Å²) >= 11 is 0. The molecule has 0 aliphatic carbocycles. The Morgan fingerprint density at radius 2 is 1.23 bits per heavy atom. The van der Waals surface area contributed by atoms with E-state index < -0.39 is 16.9 Å². The number of nitrogens with zero attached hydrogens (tertiary/aromatic N) is 4. The molecule has 0 fully saturated rings. The number of likely N-dealkylation sites (N-methyl/N-ethyl adjacent to an activating group) is 1. The summed E-state index contributed by atoms with van der Waals surface area (Å²) in [6.07, 6.45) is 0.704. The number of carbonyl (C=O) groups excluding carboxylic acids is 2. The van der Waals surface area contributed by atoms with Crippen LogP contribution >= 0.6 is 0 Å². The van der Waals surface area contributed by atoms with Gasteiger partial charge in [-0.3, -0.25) is 19.7 Å². The normalized spacial score (nSPS) is 10.3. The fourth-order valence-corrected chi connectivity index (χ4v) is 4.23.